The molecule has 1 amide bonds. The average molecular weight is 462 g/mol. The zero-order valence-electron chi connectivity index (χ0n) is 19.6. The summed E-state index contributed by atoms with van der Waals surface area (Å²) in [6.07, 6.45) is 5.44. The topological polar surface area (TPSA) is 74.7 Å². The van der Waals surface area contributed by atoms with Gasteiger partial charge in [-0.25, -0.2) is 5.48 Å². The lowest BCUT2D eigenvalue weighted by molar-refractivity contribution is -0.135. The SMILES string of the molecule is CCc1cc(Cl)cnc1CN(C)CCCC[C@@H](C[C@@H](OC)c1ccc(C)cc1)C(=O)NO. The third-order valence-electron chi connectivity index (χ3n) is 5.88. The molecule has 2 aromatic rings. The van der Waals surface area contributed by atoms with Crippen LogP contribution in [0, 0.1) is 12.8 Å². The average Bonchev–Trinajstić information content (AvgIpc) is 2.80. The van der Waals surface area contributed by atoms with Crippen molar-refractivity contribution in [1.82, 2.24) is 15.4 Å². The van der Waals surface area contributed by atoms with Crippen LogP contribution < -0.4 is 5.48 Å². The number of aryl methyl sites for hydroxylation is 2. The van der Waals surface area contributed by atoms with Crippen molar-refractivity contribution >= 4 is 17.5 Å². The standard InChI is InChI=1S/C25H36ClN3O3/c1-5-19-14-22(26)16-27-23(19)17-29(3)13-7-6-8-21(25(30)28-31)15-24(32-4)20-11-9-18(2)10-12-20/h9-12,14,16,21,24,31H,5-8,13,15,17H2,1-4H3,(H,28,30)/t21-,24+/m0/s1. The van der Waals surface area contributed by atoms with E-state index in [-0.39, 0.29) is 17.9 Å². The Morgan fingerprint density at radius 3 is 2.62 bits per heavy atom. The highest BCUT2D eigenvalue weighted by Gasteiger charge is 2.23. The molecule has 176 valence electrons. The molecule has 0 fully saturated rings. The number of unbranched alkanes of at least 4 members (excludes halogenated alkanes) is 1. The van der Waals surface area contributed by atoms with E-state index >= 15 is 0 Å². The molecular formula is C25H36ClN3O3. The first-order valence-corrected chi connectivity index (χ1v) is 11.6. The van der Waals surface area contributed by atoms with Crippen LogP contribution in [0.3, 0.4) is 0 Å². The molecule has 0 spiro atoms. The Labute approximate surface area is 196 Å². The van der Waals surface area contributed by atoms with E-state index in [1.807, 2.05) is 42.7 Å². The van der Waals surface area contributed by atoms with Gasteiger partial charge in [-0.1, -0.05) is 54.8 Å². The summed E-state index contributed by atoms with van der Waals surface area (Å²) in [7, 11) is 3.73. The molecule has 0 aliphatic heterocycles. The number of methoxy groups -OCH3 is 1. The number of carbonyl (C=O) groups is 1. The number of amides is 1. The minimum absolute atomic E-state index is 0.191. The molecule has 0 saturated heterocycles. The Balaban J connectivity index is 1.86. The van der Waals surface area contributed by atoms with Gasteiger partial charge in [0.05, 0.1) is 16.8 Å². The summed E-state index contributed by atoms with van der Waals surface area (Å²) in [5.41, 5.74) is 6.27. The van der Waals surface area contributed by atoms with Gasteiger partial charge >= 0.3 is 0 Å². The van der Waals surface area contributed by atoms with E-state index in [4.69, 9.17) is 16.3 Å². The van der Waals surface area contributed by atoms with Gasteiger partial charge in [-0.3, -0.25) is 15.0 Å². The highest BCUT2D eigenvalue weighted by atomic mass is 35.5. The van der Waals surface area contributed by atoms with Gasteiger partial charge in [0, 0.05) is 25.8 Å². The van der Waals surface area contributed by atoms with Crippen molar-refractivity contribution in [3.63, 3.8) is 0 Å². The van der Waals surface area contributed by atoms with Gasteiger partial charge in [0.1, 0.15) is 0 Å². The van der Waals surface area contributed by atoms with E-state index in [0.29, 0.717) is 17.9 Å². The lowest BCUT2D eigenvalue weighted by Crippen LogP contribution is -2.29. The van der Waals surface area contributed by atoms with Crippen molar-refractivity contribution in [2.24, 2.45) is 5.92 Å². The molecule has 0 aliphatic rings. The number of hydrogen-bond donors (Lipinski definition) is 2. The van der Waals surface area contributed by atoms with E-state index in [1.54, 1.807) is 13.3 Å². The summed E-state index contributed by atoms with van der Waals surface area (Å²) in [5, 5.41) is 9.88. The largest absolute Gasteiger partial charge is 0.377 e. The van der Waals surface area contributed by atoms with E-state index in [0.717, 1.165) is 43.6 Å². The number of hydroxylamine groups is 1. The molecule has 7 heteroatoms. The van der Waals surface area contributed by atoms with Gasteiger partial charge in [-0.2, -0.15) is 0 Å². The second-order valence-corrected chi connectivity index (χ2v) is 8.83. The molecule has 1 aromatic carbocycles. The first-order chi connectivity index (χ1) is 15.4. The van der Waals surface area contributed by atoms with Gasteiger partial charge < -0.3 is 9.64 Å². The van der Waals surface area contributed by atoms with Crippen LogP contribution in [0.1, 0.15) is 61.1 Å². The quantitative estimate of drug-likeness (QED) is 0.246. The maximum atomic E-state index is 12.3. The Morgan fingerprint density at radius 1 is 1.28 bits per heavy atom. The van der Waals surface area contributed by atoms with Crippen molar-refractivity contribution in [3.8, 4) is 0 Å². The third-order valence-corrected chi connectivity index (χ3v) is 6.09. The number of pyridine rings is 1. The van der Waals surface area contributed by atoms with E-state index in [1.165, 1.54) is 11.1 Å². The fourth-order valence-electron chi connectivity index (χ4n) is 3.92. The van der Waals surface area contributed by atoms with Crippen molar-refractivity contribution < 1.29 is 14.7 Å². The Hall–Kier alpha value is -1.99. The summed E-state index contributed by atoms with van der Waals surface area (Å²) in [6, 6.07) is 10.1. The molecule has 0 radical (unpaired) electrons. The molecule has 0 bridgehead atoms. The maximum absolute atomic E-state index is 12.3. The number of hydrogen-bond acceptors (Lipinski definition) is 5. The highest BCUT2D eigenvalue weighted by molar-refractivity contribution is 6.30. The van der Waals surface area contributed by atoms with Gasteiger partial charge in [0.15, 0.2) is 0 Å². The van der Waals surface area contributed by atoms with Gasteiger partial charge in [-0.15, -0.1) is 0 Å². The lowest BCUT2D eigenvalue weighted by Gasteiger charge is -2.22. The third kappa shape index (κ3) is 8.17. The Bertz CT molecular complexity index is 845. The van der Waals surface area contributed by atoms with E-state index in [9.17, 15) is 10.0 Å². The van der Waals surface area contributed by atoms with Crippen molar-refractivity contribution in [2.45, 2.75) is 58.6 Å². The number of aromatic nitrogens is 1. The number of nitrogens with one attached hydrogen (secondary N) is 1. The van der Waals surface area contributed by atoms with Crippen molar-refractivity contribution in [2.75, 3.05) is 20.7 Å². The second kappa shape index (κ2) is 13.5. The molecule has 0 saturated carbocycles. The minimum Gasteiger partial charge on any atom is -0.377 e. The smallest absolute Gasteiger partial charge is 0.246 e. The number of rotatable bonds is 13. The van der Waals surface area contributed by atoms with Gasteiger partial charge in [0.2, 0.25) is 5.91 Å². The molecule has 0 aliphatic carbocycles. The van der Waals surface area contributed by atoms with Crippen LogP contribution in [0.2, 0.25) is 5.02 Å². The monoisotopic (exact) mass is 461 g/mol. The Kier molecular flexibility index (Phi) is 11.1. The highest BCUT2D eigenvalue weighted by Crippen LogP contribution is 2.28. The molecule has 0 unspecified atom stereocenters. The molecule has 2 N–H and O–H groups in total. The summed E-state index contributed by atoms with van der Waals surface area (Å²) >= 11 is 6.06. The molecular weight excluding hydrogens is 426 g/mol. The molecule has 32 heavy (non-hydrogen) atoms. The summed E-state index contributed by atoms with van der Waals surface area (Å²) in [4.78, 5) is 19.0. The van der Waals surface area contributed by atoms with Crippen LogP contribution in [0.4, 0.5) is 0 Å². The van der Waals surface area contributed by atoms with Crippen LogP contribution in [-0.4, -0.2) is 41.7 Å². The zero-order valence-corrected chi connectivity index (χ0v) is 20.4. The van der Waals surface area contributed by atoms with Crippen molar-refractivity contribution in [1.29, 1.82) is 0 Å². The number of benzene rings is 1. The molecule has 1 aromatic heterocycles. The fraction of sp³-hybridized carbons (Fsp3) is 0.520. The molecule has 2 atom stereocenters. The van der Waals surface area contributed by atoms with Crippen molar-refractivity contribution in [3.05, 3.63) is 63.9 Å². The van der Waals surface area contributed by atoms with Gasteiger partial charge in [0.25, 0.3) is 0 Å². The second-order valence-electron chi connectivity index (χ2n) is 8.39. The normalized spacial score (nSPS) is 13.2. The number of nitrogens with zero attached hydrogens (tertiary/aromatic N) is 2. The molecule has 1 heterocycles. The lowest BCUT2D eigenvalue weighted by atomic mass is 9.91. The molecule has 6 nitrogen and oxygen atoms in total. The fourth-order valence-corrected chi connectivity index (χ4v) is 4.10. The van der Waals surface area contributed by atoms with Gasteiger partial charge in [-0.05, 0) is 63.4 Å². The van der Waals surface area contributed by atoms with Crippen LogP contribution in [0.25, 0.3) is 0 Å². The first kappa shape index (κ1) is 26.3. The van der Waals surface area contributed by atoms with Crippen LogP contribution in [0.15, 0.2) is 36.5 Å². The van der Waals surface area contributed by atoms with Crippen LogP contribution in [-0.2, 0) is 22.5 Å². The maximum Gasteiger partial charge on any atom is 0.246 e. The number of halogens is 1. The zero-order chi connectivity index (χ0) is 23.5. The summed E-state index contributed by atoms with van der Waals surface area (Å²) in [6.45, 7) is 5.80. The summed E-state index contributed by atoms with van der Waals surface area (Å²) in [5.74, 6) is -0.674. The first-order valence-electron chi connectivity index (χ1n) is 11.2. The minimum atomic E-state index is -0.356. The number of ether oxygens (including phenoxy) is 1. The number of carbonyl (C=O) groups excluding carboxylic acids is 1. The summed E-state index contributed by atoms with van der Waals surface area (Å²) < 4.78 is 5.66. The van der Waals surface area contributed by atoms with Crippen LogP contribution in [0.5, 0.6) is 0 Å². The predicted molar refractivity (Wildman–Crippen MR) is 128 cm³/mol. The van der Waals surface area contributed by atoms with Crippen LogP contribution >= 0.6 is 11.6 Å². The Morgan fingerprint density at radius 2 is 2.00 bits per heavy atom. The van der Waals surface area contributed by atoms with E-state index in [2.05, 4.69) is 23.9 Å². The van der Waals surface area contributed by atoms with E-state index < -0.39 is 0 Å². The predicted octanol–water partition coefficient (Wildman–Crippen LogP) is 5.11. The molecule has 2 rings (SSSR count).